The van der Waals surface area contributed by atoms with E-state index in [1.165, 1.54) is 0 Å². The summed E-state index contributed by atoms with van der Waals surface area (Å²) in [7, 11) is 7.58. The molecule has 0 atom stereocenters. The third-order valence-electron chi connectivity index (χ3n) is 2.50. The number of hydrogen-bond donors (Lipinski definition) is 1. The van der Waals surface area contributed by atoms with E-state index >= 15 is 0 Å². The maximum absolute atomic E-state index is 12.0. The highest BCUT2D eigenvalue weighted by Crippen LogP contribution is 2.06. The van der Waals surface area contributed by atoms with E-state index in [1.54, 1.807) is 37.3 Å². The summed E-state index contributed by atoms with van der Waals surface area (Å²) in [5.74, 6) is 0.763. The predicted molar refractivity (Wildman–Crippen MR) is 69.3 cm³/mol. The molecule has 1 aromatic heterocycles. The van der Waals surface area contributed by atoms with Gasteiger partial charge in [0.1, 0.15) is 5.82 Å². The van der Waals surface area contributed by atoms with Gasteiger partial charge in [0.05, 0.1) is 5.56 Å². The Hall–Kier alpha value is -1.62. The molecule has 0 bridgehead atoms. The molecule has 0 saturated heterocycles. The van der Waals surface area contributed by atoms with Gasteiger partial charge in [-0.15, -0.1) is 0 Å². The Labute approximate surface area is 102 Å². The van der Waals surface area contributed by atoms with Gasteiger partial charge in [-0.05, 0) is 26.2 Å². The first-order valence-corrected chi connectivity index (χ1v) is 5.58. The highest BCUT2D eigenvalue weighted by molar-refractivity contribution is 5.93. The number of amides is 1. The molecule has 0 aliphatic heterocycles. The zero-order chi connectivity index (χ0) is 12.8. The van der Waals surface area contributed by atoms with Crippen LogP contribution in [0.15, 0.2) is 18.3 Å². The Morgan fingerprint density at radius 3 is 2.47 bits per heavy atom. The Morgan fingerprint density at radius 1 is 1.29 bits per heavy atom. The summed E-state index contributed by atoms with van der Waals surface area (Å²) < 4.78 is 0. The molecule has 0 aromatic carbocycles. The number of hydrogen-bond acceptors (Lipinski definition) is 4. The average molecular weight is 236 g/mol. The average Bonchev–Trinajstić information content (AvgIpc) is 2.35. The summed E-state index contributed by atoms with van der Waals surface area (Å²) in [5, 5.41) is 2.92. The van der Waals surface area contributed by atoms with Crippen LogP contribution in [0, 0.1) is 0 Å². The maximum atomic E-state index is 12.0. The first-order chi connectivity index (χ1) is 8.04. The Balaban J connectivity index is 2.61. The molecule has 0 aliphatic rings. The molecule has 1 N–H and O–H groups in total. The number of carbonyl (C=O) groups excluding carboxylic acids is 1. The first-order valence-electron chi connectivity index (χ1n) is 5.58. The van der Waals surface area contributed by atoms with Crippen molar-refractivity contribution in [3.05, 3.63) is 23.9 Å². The number of aromatic nitrogens is 1. The van der Waals surface area contributed by atoms with Crippen LogP contribution in [0.5, 0.6) is 0 Å². The van der Waals surface area contributed by atoms with Crippen molar-refractivity contribution in [3.8, 4) is 0 Å². The molecular weight excluding hydrogens is 216 g/mol. The van der Waals surface area contributed by atoms with Crippen LogP contribution >= 0.6 is 0 Å². The van der Waals surface area contributed by atoms with Crippen LogP contribution in [-0.4, -0.2) is 62.0 Å². The van der Waals surface area contributed by atoms with Gasteiger partial charge in [-0.25, -0.2) is 4.98 Å². The smallest absolute Gasteiger partial charge is 0.255 e. The summed E-state index contributed by atoms with van der Waals surface area (Å²) in [4.78, 5) is 19.9. The van der Waals surface area contributed by atoms with Crippen LogP contribution in [0.2, 0.25) is 0 Å². The summed E-state index contributed by atoms with van der Waals surface area (Å²) in [6, 6.07) is 3.58. The second-order valence-electron chi connectivity index (χ2n) is 4.21. The van der Waals surface area contributed by atoms with E-state index in [9.17, 15) is 4.79 Å². The van der Waals surface area contributed by atoms with Crippen molar-refractivity contribution in [2.24, 2.45) is 0 Å². The van der Waals surface area contributed by atoms with Crippen molar-refractivity contribution < 1.29 is 4.79 Å². The normalized spacial score (nSPS) is 10.4. The van der Waals surface area contributed by atoms with Gasteiger partial charge >= 0.3 is 0 Å². The fourth-order valence-corrected chi connectivity index (χ4v) is 1.34. The van der Waals surface area contributed by atoms with Crippen molar-refractivity contribution in [2.45, 2.75) is 0 Å². The zero-order valence-corrected chi connectivity index (χ0v) is 10.9. The van der Waals surface area contributed by atoms with Gasteiger partial charge in [0.15, 0.2) is 0 Å². The lowest BCUT2D eigenvalue weighted by Gasteiger charge is -2.19. The number of likely N-dealkylation sites (N-methyl/N-ethyl adjacent to an activating group) is 2. The third-order valence-corrected chi connectivity index (χ3v) is 2.50. The van der Waals surface area contributed by atoms with Crippen molar-refractivity contribution >= 4 is 11.7 Å². The van der Waals surface area contributed by atoms with Gasteiger partial charge in [0.2, 0.25) is 0 Å². The molecule has 1 heterocycles. The maximum Gasteiger partial charge on any atom is 0.255 e. The molecule has 1 aromatic rings. The van der Waals surface area contributed by atoms with Crippen molar-refractivity contribution in [1.82, 2.24) is 14.8 Å². The lowest BCUT2D eigenvalue weighted by Crippen LogP contribution is -2.33. The molecule has 5 nitrogen and oxygen atoms in total. The number of carbonyl (C=O) groups is 1. The fourth-order valence-electron chi connectivity index (χ4n) is 1.34. The molecule has 0 saturated carbocycles. The third kappa shape index (κ3) is 4.03. The first kappa shape index (κ1) is 13.4. The molecular formula is C12H20N4O. The molecule has 1 amide bonds. The molecule has 0 fully saturated rings. The number of pyridine rings is 1. The molecule has 17 heavy (non-hydrogen) atoms. The lowest BCUT2D eigenvalue weighted by atomic mass is 10.2. The van der Waals surface area contributed by atoms with E-state index in [4.69, 9.17) is 0 Å². The Bertz CT molecular complexity index is 361. The van der Waals surface area contributed by atoms with Gasteiger partial charge in [-0.2, -0.15) is 0 Å². The minimum Gasteiger partial charge on any atom is -0.373 e. The van der Waals surface area contributed by atoms with Crippen LogP contribution in [0.3, 0.4) is 0 Å². The van der Waals surface area contributed by atoms with E-state index in [2.05, 4.69) is 10.3 Å². The highest BCUT2D eigenvalue weighted by Gasteiger charge is 2.11. The van der Waals surface area contributed by atoms with Crippen LogP contribution in [-0.2, 0) is 0 Å². The van der Waals surface area contributed by atoms with Crippen molar-refractivity contribution in [2.75, 3.05) is 46.6 Å². The SMILES string of the molecule is CNc1ccc(C(=O)N(C)CCN(C)C)cn1. The summed E-state index contributed by atoms with van der Waals surface area (Å²) in [5.41, 5.74) is 0.616. The molecule has 0 radical (unpaired) electrons. The number of anilines is 1. The van der Waals surface area contributed by atoms with Gasteiger partial charge in [-0.1, -0.05) is 0 Å². The molecule has 0 spiro atoms. The van der Waals surface area contributed by atoms with Crippen LogP contribution in [0.25, 0.3) is 0 Å². The quantitative estimate of drug-likeness (QED) is 0.820. The zero-order valence-electron chi connectivity index (χ0n) is 10.9. The van der Waals surface area contributed by atoms with E-state index in [-0.39, 0.29) is 5.91 Å². The predicted octanol–water partition coefficient (Wildman–Crippen LogP) is 0.757. The van der Waals surface area contributed by atoms with Gasteiger partial charge < -0.3 is 15.1 Å². The van der Waals surface area contributed by atoms with E-state index in [1.807, 2.05) is 19.0 Å². The number of nitrogens with one attached hydrogen (secondary N) is 1. The Kier molecular flexibility index (Phi) is 4.90. The van der Waals surface area contributed by atoms with Crippen LogP contribution in [0.1, 0.15) is 10.4 Å². The van der Waals surface area contributed by atoms with E-state index < -0.39 is 0 Å². The van der Waals surface area contributed by atoms with Crippen molar-refractivity contribution in [3.63, 3.8) is 0 Å². The van der Waals surface area contributed by atoms with Crippen LogP contribution < -0.4 is 5.32 Å². The molecule has 0 unspecified atom stereocenters. The van der Waals surface area contributed by atoms with Gasteiger partial charge in [-0.3, -0.25) is 4.79 Å². The van der Waals surface area contributed by atoms with Gasteiger partial charge in [0, 0.05) is 33.4 Å². The second kappa shape index (κ2) is 6.20. The lowest BCUT2D eigenvalue weighted by molar-refractivity contribution is 0.0786. The minimum atomic E-state index is 0.00185. The molecule has 1 rings (SSSR count). The monoisotopic (exact) mass is 236 g/mol. The van der Waals surface area contributed by atoms with E-state index in [0.29, 0.717) is 12.1 Å². The standard InChI is InChI=1S/C12H20N4O/c1-13-11-6-5-10(9-14-11)12(17)16(4)8-7-15(2)3/h5-6,9H,7-8H2,1-4H3,(H,13,14). The largest absolute Gasteiger partial charge is 0.373 e. The summed E-state index contributed by atoms with van der Waals surface area (Å²) in [6.45, 7) is 1.56. The van der Waals surface area contributed by atoms with Crippen molar-refractivity contribution in [1.29, 1.82) is 0 Å². The fraction of sp³-hybridized carbons (Fsp3) is 0.500. The minimum absolute atomic E-state index is 0.00185. The molecule has 0 aliphatic carbocycles. The topological polar surface area (TPSA) is 48.5 Å². The van der Waals surface area contributed by atoms with E-state index in [0.717, 1.165) is 12.4 Å². The van der Waals surface area contributed by atoms with Gasteiger partial charge in [0.25, 0.3) is 5.91 Å². The van der Waals surface area contributed by atoms with Crippen LogP contribution in [0.4, 0.5) is 5.82 Å². The Morgan fingerprint density at radius 2 is 2.00 bits per heavy atom. The summed E-state index contributed by atoms with van der Waals surface area (Å²) >= 11 is 0. The number of rotatable bonds is 5. The second-order valence-corrected chi connectivity index (χ2v) is 4.21. The molecule has 5 heteroatoms. The highest BCUT2D eigenvalue weighted by atomic mass is 16.2. The summed E-state index contributed by atoms with van der Waals surface area (Å²) in [6.07, 6.45) is 1.60. The molecule has 94 valence electrons. The number of nitrogens with zero attached hydrogens (tertiary/aromatic N) is 3.